The molecule has 4 N–H and O–H groups in total. The number of amides is 1. The fraction of sp³-hybridized carbons (Fsp3) is 0.900. The standard InChI is InChI=1S/C10H22N2O2/c1-8(7-13)5-4-6-12-9(14)10(2,3)11/h8,13H,4-7,11H2,1-3H3,(H,12,14). The first-order valence-corrected chi connectivity index (χ1v) is 5.06. The smallest absolute Gasteiger partial charge is 0.239 e. The highest BCUT2D eigenvalue weighted by Crippen LogP contribution is 2.03. The average Bonchev–Trinajstić information content (AvgIpc) is 2.09. The van der Waals surface area contributed by atoms with E-state index in [9.17, 15) is 4.79 Å². The van der Waals surface area contributed by atoms with Crippen LogP contribution in [-0.4, -0.2) is 29.7 Å². The van der Waals surface area contributed by atoms with Gasteiger partial charge in [0.25, 0.3) is 0 Å². The second-order valence-electron chi connectivity index (χ2n) is 4.41. The predicted octanol–water partition coefficient (Wildman–Crippen LogP) is 0.249. The molecule has 1 unspecified atom stereocenters. The van der Waals surface area contributed by atoms with Gasteiger partial charge in [0, 0.05) is 13.2 Å². The van der Waals surface area contributed by atoms with Gasteiger partial charge < -0.3 is 16.2 Å². The number of nitrogens with two attached hydrogens (primary N) is 1. The maximum absolute atomic E-state index is 11.3. The van der Waals surface area contributed by atoms with Gasteiger partial charge in [0.05, 0.1) is 5.54 Å². The van der Waals surface area contributed by atoms with Gasteiger partial charge in [-0.05, 0) is 32.6 Å². The Hall–Kier alpha value is -0.610. The van der Waals surface area contributed by atoms with Crippen molar-refractivity contribution in [2.24, 2.45) is 11.7 Å². The molecular weight excluding hydrogens is 180 g/mol. The second kappa shape index (κ2) is 5.98. The van der Waals surface area contributed by atoms with Gasteiger partial charge in [0.2, 0.25) is 5.91 Å². The lowest BCUT2D eigenvalue weighted by Gasteiger charge is -2.17. The molecule has 0 aliphatic heterocycles. The third-order valence-electron chi connectivity index (χ3n) is 2.06. The topological polar surface area (TPSA) is 75.3 Å². The summed E-state index contributed by atoms with van der Waals surface area (Å²) in [6, 6.07) is 0. The minimum Gasteiger partial charge on any atom is -0.396 e. The molecular formula is C10H22N2O2. The molecule has 0 radical (unpaired) electrons. The van der Waals surface area contributed by atoms with Gasteiger partial charge in [-0.3, -0.25) is 4.79 Å². The van der Waals surface area contributed by atoms with Crippen molar-refractivity contribution in [3.8, 4) is 0 Å². The molecule has 0 heterocycles. The maximum atomic E-state index is 11.3. The number of nitrogens with one attached hydrogen (secondary N) is 1. The van der Waals surface area contributed by atoms with Gasteiger partial charge in [-0.25, -0.2) is 0 Å². The van der Waals surface area contributed by atoms with Crippen LogP contribution in [0, 0.1) is 5.92 Å². The number of aliphatic hydroxyl groups excluding tert-OH is 1. The summed E-state index contributed by atoms with van der Waals surface area (Å²) in [6.45, 7) is 6.17. The van der Waals surface area contributed by atoms with E-state index in [2.05, 4.69) is 5.32 Å². The summed E-state index contributed by atoms with van der Waals surface area (Å²) in [4.78, 5) is 11.3. The van der Waals surface area contributed by atoms with E-state index >= 15 is 0 Å². The number of carbonyl (C=O) groups is 1. The Morgan fingerprint density at radius 1 is 1.57 bits per heavy atom. The SMILES string of the molecule is CC(CO)CCCNC(=O)C(C)(C)N. The number of aliphatic hydroxyl groups is 1. The molecule has 0 saturated carbocycles. The quantitative estimate of drug-likeness (QED) is 0.540. The first kappa shape index (κ1) is 13.4. The van der Waals surface area contributed by atoms with Crippen LogP contribution in [0.25, 0.3) is 0 Å². The molecule has 4 nitrogen and oxygen atoms in total. The van der Waals surface area contributed by atoms with Crippen LogP contribution in [0.3, 0.4) is 0 Å². The second-order valence-corrected chi connectivity index (χ2v) is 4.41. The lowest BCUT2D eigenvalue weighted by molar-refractivity contribution is -0.125. The van der Waals surface area contributed by atoms with E-state index in [0.29, 0.717) is 12.5 Å². The highest BCUT2D eigenvalue weighted by Gasteiger charge is 2.20. The number of hydrogen-bond acceptors (Lipinski definition) is 3. The molecule has 4 heteroatoms. The third-order valence-corrected chi connectivity index (χ3v) is 2.06. The molecule has 0 aliphatic rings. The minimum absolute atomic E-state index is 0.130. The van der Waals surface area contributed by atoms with E-state index in [4.69, 9.17) is 10.8 Å². The highest BCUT2D eigenvalue weighted by atomic mass is 16.3. The van der Waals surface area contributed by atoms with Crippen LogP contribution in [0.5, 0.6) is 0 Å². The predicted molar refractivity (Wildman–Crippen MR) is 56.8 cm³/mol. The zero-order valence-corrected chi connectivity index (χ0v) is 9.34. The van der Waals surface area contributed by atoms with Crippen LogP contribution in [0.2, 0.25) is 0 Å². The number of hydrogen-bond donors (Lipinski definition) is 3. The van der Waals surface area contributed by atoms with Crippen molar-refractivity contribution in [2.75, 3.05) is 13.2 Å². The Labute approximate surface area is 85.9 Å². The summed E-state index contributed by atoms with van der Waals surface area (Å²) < 4.78 is 0. The molecule has 0 spiro atoms. The molecule has 1 amide bonds. The van der Waals surface area contributed by atoms with Crippen molar-refractivity contribution < 1.29 is 9.90 Å². The molecule has 0 aromatic carbocycles. The molecule has 0 saturated heterocycles. The summed E-state index contributed by atoms with van der Waals surface area (Å²) in [6.07, 6.45) is 1.80. The van der Waals surface area contributed by atoms with Gasteiger partial charge in [-0.2, -0.15) is 0 Å². The van der Waals surface area contributed by atoms with E-state index in [0.717, 1.165) is 12.8 Å². The summed E-state index contributed by atoms with van der Waals surface area (Å²) in [5, 5.41) is 11.5. The molecule has 0 aliphatic carbocycles. The van der Waals surface area contributed by atoms with E-state index in [1.165, 1.54) is 0 Å². The molecule has 14 heavy (non-hydrogen) atoms. The normalized spacial score (nSPS) is 13.8. The van der Waals surface area contributed by atoms with Crippen molar-refractivity contribution in [1.82, 2.24) is 5.32 Å². The third kappa shape index (κ3) is 5.94. The molecule has 0 bridgehead atoms. The van der Waals surface area contributed by atoms with Crippen LogP contribution in [0.4, 0.5) is 0 Å². The Morgan fingerprint density at radius 2 is 2.14 bits per heavy atom. The first-order chi connectivity index (χ1) is 6.38. The Bertz CT molecular complexity index is 175. The molecule has 0 aromatic rings. The van der Waals surface area contributed by atoms with Crippen molar-refractivity contribution in [3.05, 3.63) is 0 Å². The average molecular weight is 202 g/mol. The van der Waals surface area contributed by atoms with E-state index < -0.39 is 5.54 Å². The summed E-state index contributed by atoms with van der Waals surface area (Å²) in [7, 11) is 0. The number of carbonyl (C=O) groups excluding carboxylic acids is 1. The monoisotopic (exact) mass is 202 g/mol. The lowest BCUT2D eigenvalue weighted by Crippen LogP contribution is -2.49. The Balaban J connectivity index is 3.51. The molecule has 1 atom stereocenters. The minimum atomic E-state index is -0.803. The molecule has 0 aromatic heterocycles. The van der Waals surface area contributed by atoms with E-state index in [-0.39, 0.29) is 12.5 Å². The van der Waals surface area contributed by atoms with Crippen LogP contribution in [0.1, 0.15) is 33.6 Å². The van der Waals surface area contributed by atoms with Gasteiger partial charge in [0.15, 0.2) is 0 Å². The fourth-order valence-corrected chi connectivity index (χ4v) is 0.972. The van der Waals surface area contributed by atoms with Crippen molar-refractivity contribution in [1.29, 1.82) is 0 Å². The van der Waals surface area contributed by atoms with Crippen molar-refractivity contribution in [3.63, 3.8) is 0 Å². The Morgan fingerprint density at radius 3 is 2.57 bits per heavy atom. The summed E-state index contributed by atoms with van der Waals surface area (Å²) >= 11 is 0. The molecule has 0 rings (SSSR count). The highest BCUT2D eigenvalue weighted by molar-refractivity contribution is 5.84. The zero-order chi connectivity index (χ0) is 11.2. The van der Waals surface area contributed by atoms with Crippen LogP contribution in [0.15, 0.2) is 0 Å². The largest absolute Gasteiger partial charge is 0.396 e. The zero-order valence-electron chi connectivity index (χ0n) is 9.34. The Kier molecular flexibility index (Phi) is 5.72. The maximum Gasteiger partial charge on any atom is 0.239 e. The van der Waals surface area contributed by atoms with Crippen LogP contribution >= 0.6 is 0 Å². The molecule has 84 valence electrons. The molecule has 0 fully saturated rings. The summed E-state index contributed by atoms with van der Waals surface area (Å²) in [5.41, 5.74) is 4.79. The van der Waals surface area contributed by atoms with E-state index in [1.54, 1.807) is 13.8 Å². The van der Waals surface area contributed by atoms with Crippen molar-refractivity contribution in [2.45, 2.75) is 39.2 Å². The van der Waals surface area contributed by atoms with Gasteiger partial charge in [-0.1, -0.05) is 6.92 Å². The van der Waals surface area contributed by atoms with Crippen molar-refractivity contribution >= 4 is 5.91 Å². The lowest BCUT2D eigenvalue weighted by atomic mass is 10.1. The number of rotatable bonds is 6. The van der Waals surface area contributed by atoms with Crippen LogP contribution in [-0.2, 0) is 4.79 Å². The van der Waals surface area contributed by atoms with Gasteiger partial charge in [-0.15, -0.1) is 0 Å². The van der Waals surface area contributed by atoms with Gasteiger partial charge >= 0.3 is 0 Å². The summed E-state index contributed by atoms with van der Waals surface area (Å²) in [5.74, 6) is 0.173. The van der Waals surface area contributed by atoms with E-state index in [1.807, 2.05) is 6.92 Å². The fourth-order valence-electron chi connectivity index (χ4n) is 0.972. The first-order valence-electron chi connectivity index (χ1n) is 5.06. The van der Waals surface area contributed by atoms with Crippen LogP contribution < -0.4 is 11.1 Å². The van der Waals surface area contributed by atoms with Gasteiger partial charge in [0.1, 0.15) is 0 Å².